The van der Waals surface area contributed by atoms with Crippen molar-refractivity contribution < 1.29 is 13.6 Å². The normalized spacial score (nSPS) is 11.0. The Hall–Kier alpha value is -2.44. The van der Waals surface area contributed by atoms with E-state index in [0.29, 0.717) is 0 Å². The third kappa shape index (κ3) is 2.45. The topological polar surface area (TPSA) is 67.8 Å². The average molecular weight is 250 g/mol. The predicted octanol–water partition coefficient (Wildman–Crippen LogP) is 1.60. The van der Waals surface area contributed by atoms with Crippen LogP contribution in [0, 0.1) is 0 Å². The number of aromatic nitrogens is 3. The van der Waals surface area contributed by atoms with Crippen LogP contribution in [0.1, 0.15) is 5.69 Å². The zero-order chi connectivity index (χ0) is 13.0. The van der Waals surface area contributed by atoms with E-state index in [4.69, 9.17) is 0 Å². The van der Waals surface area contributed by atoms with E-state index < -0.39 is 17.5 Å². The van der Waals surface area contributed by atoms with Crippen LogP contribution in [-0.4, -0.2) is 20.9 Å². The second kappa shape index (κ2) is 4.82. The maximum Gasteiger partial charge on any atom is 0.366 e. The Labute approximate surface area is 101 Å². The van der Waals surface area contributed by atoms with Gasteiger partial charge in [-0.05, 0) is 12.1 Å². The molecule has 0 atom stereocenters. The summed E-state index contributed by atoms with van der Waals surface area (Å²) in [5.74, 6) is -5.27. The minimum atomic E-state index is -3.72. The first kappa shape index (κ1) is 12.0. The summed E-state index contributed by atoms with van der Waals surface area (Å²) in [6.07, 6.45) is 5.02. The van der Waals surface area contributed by atoms with Gasteiger partial charge in [0.1, 0.15) is 5.69 Å². The van der Waals surface area contributed by atoms with Crippen LogP contribution >= 0.6 is 0 Å². The number of pyridine rings is 1. The van der Waals surface area contributed by atoms with E-state index in [-0.39, 0.29) is 5.82 Å². The molecule has 18 heavy (non-hydrogen) atoms. The molecule has 0 aliphatic carbocycles. The lowest BCUT2D eigenvalue weighted by atomic mass is 10.2. The van der Waals surface area contributed by atoms with Crippen molar-refractivity contribution in [2.45, 2.75) is 5.92 Å². The van der Waals surface area contributed by atoms with Crippen LogP contribution < -0.4 is 5.32 Å². The Morgan fingerprint density at radius 1 is 1.17 bits per heavy atom. The molecule has 0 fully saturated rings. The van der Waals surface area contributed by atoms with Crippen molar-refractivity contribution in [3.63, 3.8) is 0 Å². The van der Waals surface area contributed by atoms with E-state index in [1.165, 1.54) is 36.9 Å². The van der Waals surface area contributed by atoms with Gasteiger partial charge < -0.3 is 5.32 Å². The van der Waals surface area contributed by atoms with Crippen molar-refractivity contribution in [3.8, 4) is 0 Å². The summed E-state index contributed by atoms with van der Waals surface area (Å²) in [7, 11) is 0. The zero-order valence-electron chi connectivity index (χ0n) is 9.05. The van der Waals surface area contributed by atoms with Gasteiger partial charge in [-0.2, -0.15) is 8.78 Å². The van der Waals surface area contributed by atoms with Gasteiger partial charge in [-0.1, -0.05) is 6.07 Å². The number of amides is 1. The molecular formula is C11H8F2N4O. The third-order valence-corrected chi connectivity index (χ3v) is 2.08. The maximum absolute atomic E-state index is 13.7. The van der Waals surface area contributed by atoms with Gasteiger partial charge in [0.25, 0.3) is 0 Å². The largest absolute Gasteiger partial charge is 0.366 e. The Morgan fingerprint density at radius 3 is 2.61 bits per heavy atom. The van der Waals surface area contributed by atoms with Crippen LogP contribution in [-0.2, 0) is 10.7 Å². The Bertz CT molecular complexity index is 533. The number of carbonyl (C=O) groups excluding carboxylic acids is 1. The monoisotopic (exact) mass is 250 g/mol. The Balaban J connectivity index is 2.18. The highest BCUT2D eigenvalue weighted by molar-refractivity contribution is 5.95. The van der Waals surface area contributed by atoms with Gasteiger partial charge in [0.15, 0.2) is 5.82 Å². The van der Waals surface area contributed by atoms with Crippen molar-refractivity contribution in [2.75, 3.05) is 5.32 Å². The molecule has 0 spiro atoms. The van der Waals surface area contributed by atoms with Crippen molar-refractivity contribution >= 4 is 11.7 Å². The summed E-state index contributed by atoms with van der Waals surface area (Å²) in [4.78, 5) is 22.3. The van der Waals surface area contributed by atoms with Crippen molar-refractivity contribution in [1.29, 1.82) is 0 Å². The first-order chi connectivity index (χ1) is 8.60. The van der Waals surface area contributed by atoms with Gasteiger partial charge in [0.2, 0.25) is 0 Å². The molecule has 2 heterocycles. The third-order valence-electron chi connectivity index (χ3n) is 2.08. The van der Waals surface area contributed by atoms with E-state index in [1.54, 1.807) is 0 Å². The number of hydrogen-bond donors (Lipinski definition) is 1. The van der Waals surface area contributed by atoms with Crippen LogP contribution in [0.4, 0.5) is 14.6 Å². The highest BCUT2D eigenvalue weighted by Gasteiger charge is 2.42. The second-order valence-electron chi connectivity index (χ2n) is 3.33. The molecule has 0 aromatic carbocycles. The molecule has 5 nitrogen and oxygen atoms in total. The van der Waals surface area contributed by atoms with Gasteiger partial charge in [0, 0.05) is 18.6 Å². The highest BCUT2D eigenvalue weighted by Crippen LogP contribution is 2.27. The van der Waals surface area contributed by atoms with Crippen LogP contribution in [0.5, 0.6) is 0 Å². The van der Waals surface area contributed by atoms with Crippen LogP contribution in [0.3, 0.4) is 0 Å². The number of alkyl halides is 2. The van der Waals surface area contributed by atoms with Gasteiger partial charge >= 0.3 is 11.8 Å². The van der Waals surface area contributed by atoms with Crippen LogP contribution in [0.25, 0.3) is 0 Å². The number of carbonyl (C=O) groups is 1. The molecule has 1 N–H and O–H groups in total. The van der Waals surface area contributed by atoms with E-state index >= 15 is 0 Å². The van der Waals surface area contributed by atoms with Crippen LogP contribution in [0.15, 0.2) is 43.0 Å². The zero-order valence-corrected chi connectivity index (χ0v) is 9.05. The van der Waals surface area contributed by atoms with Crippen molar-refractivity contribution in [3.05, 3.63) is 48.7 Å². The molecule has 0 radical (unpaired) electrons. The number of anilines is 1. The fourth-order valence-electron chi connectivity index (χ4n) is 1.22. The van der Waals surface area contributed by atoms with Crippen LogP contribution in [0.2, 0.25) is 0 Å². The molecule has 0 aliphatic heterocycles. The summed E-state index contributed by atoms with van der Waals surface area (Å²) in [6, 6.07) is 3.95. The van der Waals surface area contributed by atoms with E-state index in [0.717, 1.165) is 6.07 Å². The molecule has 0 unspecified atom stereocenters. The fraction of sp³-hybridized carbons (Fsp3) is 0.0909. The SMILES string of the molecule is O=C(Nc1cnccn1)C(F)(F)c1ccccn1. The summed E-state index contributed by atoms with van der Waals surface area (Å²) in [5.41, 5.74) is -0.619. The van der Waals surface area contributed by atoms with E-state index in [1.807, 2.05) is 5.32 Å². The summed E-state index contributed by atoms with van der Waals surface area (Å²) in [5, 5.41) is 1.98. The Morgan fingerprint density at radius 2 is 2.00 bits per heavy atom. The van der Waals surface area contributed by atoms with E-state index in [9.17, 15) is 13.6 Å². The molecule has 0 bridgehead atoms. The lowest BCUT2D eigenvalue weighted by Gasteiger charge is -2.14. The quantitative estimate of drug-likeness (QED) is 0.898. The second-order valence-corrected chi connectivity index (χ2v) is 3.33. The molecular weight excluding hydrogens is 242 g/mol. The molecule has 7 heteroatoms. The standard InChI is InChI=1S/C11H8F2N4O/c12-11(13,8-3-1-2-4-15-8)10(18)17-9-7-14-5-6-16-9/h1-7H,(H,16,17,18). The first-order valence-electron chi connectivity index (χ1n) is 4.97. The molecule has 2 aromatic rings. The lowest BCUT2D eigenvalue weighted by molar-refractivity contribution is -0.141. The van der Waals surface area contributed by atoms with Gasteiger partial charge in [-0.3, -0.25) is 14.8 Å². The minimum Gasteiger partial charge on any atom is -0.304 e. The molecule has 2 aromatic heterocycles. The molecule has 92 valence electrons. The number of rotatable bonds is 3. The van der Waals surface area contributed by atoms with E-state index in [2.05, 4.69) is 15.0 Å². The number of hydrogen-bond acceptors (Lipinski definition) is 4. The van der Waals surface area contributed by atoms with Gasteiger partial charge in [-0.15, -0.1) is 0 Å². The maximum atomic E-state index is 13.7. The average Bonchev–Trinajstić information content (AvgIpc) is 2.41. The van der Waals surface area contributed by atoms with Crippen molar-refractivity contribution in [2.24, 2.45) is 0 Å². The molecule has 2 rings (SSSR count). The number of halogens is 2. The minimum absolute atomic E-state index is 0.0434. The smallest absolute Gasteiger partial charge is 0.304 e. The molecule has 1 amide bonds. The van der Waals surface area contributed by atoms with Crippen molar-refractivity contribution in [1.82, 2.24) is 15.0 Å². The lowest BCUT2D eigenvalue weighted by Crippen LogP contribution is -2.33. The van der Waals surface area contributed by atoms with Gasteiger partial charge in [0.05, 0.1) is 6.20 Å². The summed E-state index contributed by atoms with van der Waals surface area (Å²) in [6.45, 7) is 0. The predicted molar refractivity (Wildman–Crippen MR) is 58.8 cm³/mol. The summed E-state index contributed by atoms with van der Waals surface area (Å²) >= 11 is 0. The first-order valence-corrected chi connectivity index (χ1v) is 4.97. The number of nitrogens with zero attached hydrogens (tertiary/aromatic N) is 3. The molecule has 0 saturated heterocycles. The fourth-order valence-corrected chi connectivity index (χ4v) is 1.22. The molecule has 0 saturated carbocycles. The molecule has 0 aliphatic rings. The van der Waals surface area contributed by atoms with Gasteiger partial charge in [-0.25, -0.2) is 4.98 Å². The highest BCUT2D eigenvalue weighted by atomic mass is 19.3. The Kier molecular flexibility index (Phi) is 3.22. The number of nitrogens with one attached hydrogen (secondary N) is 1. The summed E-state index contributed by atoms with van der Waals surface area (Å²) < 4.78 is 27.4.